The number of aryl methyl sites for hydroxylation is 1. The van der Waals surface area contributed by atoms with Gasteiger partial charge < -0.3 is 4.57 Å². The van der Waals surface area contributed by atoms with Crippen LogP contribution in [0.5, 0.6) is 0 Å². The van der Waals surface area contributed by atoms with Gasteiger partial charge in [-0.3, -0.25) is 14.9 Å². The molecule has 0 atom stereocenters. The number of nitrogens with one attached hydrogen (secondary N) is 1. The molecule has 0 aliphatic heterocycles. The third-order valence-corrected chi connectivity index (χ3v) is 6.71. The Morgan fingerprint density at radius 2 is 1.91 bits per heavy atom. The number of carbonyl (C=O) groups excluding carboxylic acids is 1. The molecule has 7 nitrogen and oxygen atoms in total. The molecule has 1 amide bonds. The van der Waals surface area contributed by atoms with E-state index in [2.05, 4.69) is 52.3 Å². The van der Waals surface area contributed by atoms with E-state index in [-0.39, 0.29) is 11.6 Å². The van der Waals surface area contributed by atoms with Gasteiger partial charge in [-0.2, -0.15) is 5.10 Å². The molecule has 34 heavy (non-hydrogen) atoms. The number of benzene rings is 3. The Hall–Kier alpha value is -4.30. The van der Waals surface area contributed by atoms with Crippen LogP contribution in [0.25, 0.3) is 21.0 Å². The van der Waals surface area contributed by atoms with Crippen LogP contribution in [0.1, 0.15) is 26.4 Å². The Balaban J connectivity index is 1.36. The molecule has 0 unspecified atom stereocenters. The van der Waals surface area contributed by atoms with E-state index in [1.54, 1.807) is 18.3 Å². The molecule has 0 aliphatic rings. The van der Waals surface area contributed by atoms with Crippen molar-refractivity contribution in [3.63, 3.8) is 0 Å². The maximum Gasteiger partial charge on any atom is 0.281 e. The molecule has 5 rings (SSSR count). The highest BCUT2D eigenvalue weighted by atomic mass is 32.1. The first-order chi connectivity index (χ1) is 16.5. The molecular weight excluding hydrogens is 448 g/mol. The average molecular weight is 469 g/mol. The maximum absolute atomic E-state index is 12.6. The highest BCUT2D eigenvalue weighted by Gasteiger charge is 2.13. The summed E-state index contributed by atoms with van der Waals surface area (Å²) in [6.45, 7) is 2.80. The van der Waals surface area contributed by atoms with E-state index in [9.17, 15) is 14.9 Å². The van der Waals surface area contributed by atoms with Gasteiger partial charge in [0.2, 0.25) is 0 Å². The zero-order chi connectivity index (χ0) is 23.7. The first-order valence-corrected chi connectivity index (χ1v) is 11.4. The third kappa shape index (κ3) is 4.31. The van der Waals surface area contributed by atoms with Crippen LogP contribution in [0.4, 0.5) is 5.69 Å². The minimum absolute atomic E-state index is 0.00249. The van der Waals surface area contributed by atoms with E-state index < -0.39 is 4.92 Å². The summed E-state index contributed by atoms with van der Waals surface area (Å²) in [5.41, 5.74) is 6.98. The number of rotatable bonds is 6. The van der Waals surface area contributed by atoms with Crippen molar-refractivity contribution in [1.82, 2.24) is 9.99 Å². The molecule has 0 aliphatic carbocycles. The number of nitrogens with zero attached hydrogens (tertiary/aromatic N) is 3. The summed E-state index contributed by atoms with van der Waals surface area (Å²) in [5, 5.41) is 16.9. The number of thiophene rings is 1. The van der Waals surface area contributed by atoms with Crippen LogP contribution in [-0.2, 0) is 6.54 Å². The van der Waals surface area contributed by atoms with E-state index in [4.69, 9.17) is 0 Å². The molecule has 2 heterocycles. The van der Waals surface area contributed by atoms with E-state index in [0.717, 1.165) is 27.7 Å². The fourth-order valence-corrected chi connectivity index (χ4v) is 4.80. The van der Waals surface area contributed by atoms with E-state index in [1.807, 2.05) is 24.4 Å². The molecule has 5 aromatic rings. The molecule has 168 valence electrons. The van der Waals surface area contributed by atoms with E-state index in [0.29, 0.717) is 10.3 Å². The number of non-ortho nitro benzene ring substituents is 1. The van der Waals surface area contributed by atoms with Crippen LogP contribution in [-0.4, -0.2) is 21.6 Å². The Morgan fingerprint density at radius 3 is 2.71 bits per heavy atom. The van der Waals surface area contributed by atoms with Gasteiger partial charge in [-0.05, 0) is 30.7 Å². The van der Waals surface area contributed by atoms with Gasteiger partial charge >= 0.3 is 0 Å². The summed E-state index contributed by atoms with van der Waals surface area (Å²) in [7, 11) is 0. The average Bonchev–Trinajstić information content (AvgIpc) is 3.42. The van der Waals surface area contributed by atoms with Gasteiger partial charge in [0, 0.05) is 51.4 Å². The molecular formula is C26H20N4O3S. The van der Waals surface area contributed by atoms with Crippen LogP contribution < -0.4 is 5.43 Å². The van der Waals surface area contributed by atoms with Crippen molar-refractivity contribution in [2.24, 2.45) is 5.10 Å². The molecule has 0 bridgehead atoms. The lowest BCUT2D eigenvalue weighted by atomic mass is 10.1. The van der Waals surface area contributed by atoms with Crippen molar-refractivity contribution in [3.05, 3.63) is 111 Å². The summed E-state index contributed by atoms with van der Waals surface area (Å²) in [5.74, 6) is -0.358. The van der Waals surface area contributed by atoms with Crippen LogP contribution >= 0.6 is 11.3 Å². The molecule has 3 aromatic carbocycles. The Bertz CT molecular complexity index is 1560. The lowest BCUT2D eigenvalue weighted by Gasteiger charge is -2.06. The smallest absolute Gasteiger partial charge is 0.281 e. The summed E-state index contributed by atoms with van der Waals surface area (Å²) in [6.07, 6.45) is 3.67. The molecule has 0 radical (unpaired) electrons. The largest absolute Gasteiger partial charge is 0.342 e. The number of hydrogen-bond donors (Lipinski definition) is 1. The minimum atomic E-state index is -0.448. The number of fused-ring (bicyclic) bond motifs is 2. The van der Waals surface area contributed by atoms with Gasteiger partial charge in [-0.25, -0.2) is 5.43 Å². The monoisotopic (exact) mass is 468 g/mol. The summed E-state index contributed by atoms with van der Waals surface area (Å²) in [6, 6.07) is 22.7. The molecule has 2 aromatic heterocycles. The van der Waals surface area contributed by atoms with Crippen molar-refractivity contribution in [2.75, 3.05) is 0 Å². The molecule has 0 saturated heterocycles. The fraction of sp³-hybridized carbons (Fsp3) is 0.0769. The van der Waals surface area contributed by atoms with Crippen molar-refractivity contribution in [2.45, 2.75) is 13.5 Å². The maximum atomic E-state index is 12.6. The number of hydrogen-bond acceptors (Lipinski definition) is 5. The minimum Gasteiger partial charge on any atom is -0.342 e. The van der Waals surface area contributed by atoms with Gasteiger partial charge in [-0.1, -0.05) is 48.0 Å². The molecule has 0 saturated carbocycles. The second-order valence-corrected chi connectivity index (χ2v) is 9.09. The van der Waals surface area contributed by atoms with Gasteiger partial charge in [0.05, 0.1) is 16.0 Å². The van der Waals surface area contributed by atoms with Gasteiger partial charge in [0.25, 0.3) is 11.6 Å². The van der Waals surface area contributed by atoms with Gasteiger partial charge in [0.1, 0.15) is 0 Å². The van der Waals surface area contributed by atoms with Crippen LogP contribution in [0.3, 0.4) is 0 Å². The lowest BCUT2D eigenvalue weighted by molar-refractivity contribution is -0.384. The molecule has 0 spiro atoms. The van der Waals surface area contributed by atoms with Gasteiger partial charge in [0.15, 0.2) is 0 Å². The Kier molecular flexibility index (Phi) is 5.65. The number of para-hydroxylation sites is 1. The second kappa shape index (κ2) is 8.92. The van der Waals surface area contributed by atoms with Gasteiger partial charge in [-0.15, -0.1) is 11.3 Å². The third-order valence-electron chi connectivity index (χ3n) is 5.60. The van der Waals surface area contributed by atoms with E-state index >= 15 is 0 Å². The van der Waals surface area contributed by atoms with E-state index in [1.165, 1.54) is 34.6 Å². The topological polar surface area (TPSA) is 89.5 Å². The Labute approximate surface area is 199 Å². The number of aromatic nitrogens is 1. The number of nitro benzene ring substituents is 1. The van der Waals surface area contributed by atoms with Crippen LogP contribution in [0, 0.1) is 17.0 Å². The second-order valence-electron chi connectivity index (χ2n) is 8.00. The number of amides is 1. The highest BCUT2D eigenvalue weighted by Crippen LogP contribution is 2.29. The first kappa shape index (κ1) is 21.5. The zero-order valence-electron chi connectivity index (χ0n) is 18.3. The predicted molar refractivity (Wildman–Crippen MR) is 136 cm³/mol. The fourth-order valence-electron chi connectivity index (χ4n) is 3.87. The number of hydrazone groups is 1. The molecule has 0 fully saturated rings. The van der Waals surface area contributed by atoms with Crippen molar-refractivity contribution in [1.29, 1.82) is 0 Å². The summed E-state index contributed by atoms with van der Waals surface area (Å²) >= 11 is 1.27. The van der Waals surface area contributed by atoms with Crippen LogP contribution in [0.15, 0.2) is 84.1 Å². The highest BCUT2D eigenvalue weighted by molar-refractivity contribution is 7.20. The molecule has 8 heteroatoms. The number of carbonyl (C=O) groups is 1. The first-order valence-electron chi connectivity index (χ1n) is 10.6. The summed E-state index contributed by atoms with van der Waals surface area (Å²) < 4.78 is 2.97. The summed E-state index contributed by atoms with van der Waals surface area (Å²) in [4.78, 5) is 23.6. The standard InChI is InChI=1S/C26H20N4O3S/c1-17-6-8-18(9-7-17)15-29-16-20(22-4-2-3-5-23(22)29)14-27-28-26(31)25-13-19-12-21(30(32)33)10-11-24(19)34-25/h2-14,16H,15H2,1H3,(H,28,31)/b27-14-. The quantitative estimate of drug-likeness (QED) is 0.192. The van der Waals surface area contributed by atoms with Crippen molar-refractivity contribution >= 4 is 50.1 Å². The molecule has 1 N–H and O–H groups in total. The van der Waals surface area contributed by atoms with Crippen molar-refractivity contribution in [3.8, 4) is 0 Å². The van der Waals surface area contributed by atoms with Crippen LogP contribution in [0.2, 0.25) is 0 Å². The normalized spacial score (nSPS) is 11.4. The number of nitro groups is 1. The lowest BCUT2D eigenvalue weighted by Crippen LogP contribution is -2.16. The zero-order valence-corrected chi connectivity index (χ0v) is 19.1. The predicted octanol–water partition coefficient (Wildman–Crippen LogP) is 5.88. The Morgan fingerprint density at radius 1 is 1.12 bits per heavy atom. The SMILES string of the molecule is Cc1ccc(Cn2cc(/C=N\NC(=O)c3cc4cc([N+](=O)[O-])ccc4s3)c3ccccc32)cc1. The van der Waals surface area contributed by atoms with Crippen molar-refractivity contribution < 1.29 is 9.72 Å².